The van der Waals surface area contributed by atoms with Gasteiger partial charge in [-0.05, 0) is 31.4 Å². The number of para-hydroxylation sites is 1. The number of hydrogen-bond donors (Lipinski definition) is 2. The quantitative estimate of drug-likeness (QED) is 0.373. The number of pyridine rings is 2. The van der Waals surface area contributed by atoms with Crippen LogP contribution in [0.5, 0.6) is 5.75 Å². The highest BCUT2D eigenvalue weighted by Gasteiger charge is 2.49. The van der Waals surface area contributed by atoms with Crippen LogP contribution in [0.25, 0.3) is 22.3 Å². The van der Waals surface area contributed by atoms with Crippen LogP contribution in [0.3, 0.4) is 0 Å². The molecule has 0 fully saturated rings. The largest absolute Gasteiger partial charge is 0.463 e. The maximum absolute atomic E-state index is 13.5. The van der Waals surface area contributed by atoms with Crippen molar-refractivity contribution in [1.29, 1.82) is 0 Å². The van der Waals surface area contributed by atoms with Crippen LogP contribution < -0.4 is 10.3 Å². The first kappa shape index (κ1) is 20.7. The minimum Gasteiger partial charge on any atom is -0.463 e. The van der Waals surface area contributed by atoms with Crippen molar-refractivity contribution in [1.82, 2.24) is 9.55 Å². The van der Waals surface area contributed by atoms with Gasteiger partial charge < -0.3 is 19.7 Å². The number of aliphatic hydroxyl groups excluding tert-OH is 1. The number of carbonyl (C=O) groups is 1. The summed E-state index contributed by atoms with van der Waals surface area (Å²) in [6.45, 7) is 5.11. The third-order valence-electron chi connectivity index (χ3n) is 6.36. The Balaban J connectivity index is 1.90. The van der Waals surface area contributed by atoms with Gasteiger partial charge in [0.1, 0.15) is 12.3 Å². The van der Waals surface area contributed by atoms with E-state index >= 15 is 0 Å². The zero-order valence-electron chi connectivity index (χ0n) is 18.1. The second-order valence-corrected chi connectivity index (χ2v) is 8.27. The van der Waals surface area contributed by atoms with Gasteiger partial charge in [0.05, 0.1) is 28.9 Å². The summed E-state index contributed by atoms with van der Waals surface area (Å²) in [6.07, 6.45) is -0.467. The van der Waals surface area contributed by atoms with E-state index in [2.05, 4.69) is 0 Å². The Kier molecular flexibility index (Phi) is 4.61. The Bertz CT molecular complexity index is 1340. The second-order valence-electron chi connectivity index (χ2n) is 8.27. The molecule has 0 amide bonds. The lowest BCUT2D eigenvalue weighted by Crippen LogP contribution is -2.45. The number of fused-ring (bicyclic) bond motifs is 5. The second kappa shape index (κ2) is 7.15. The number of benzene rings is 1. The monoisotopic (exact) mass is 436 g/mol. The van der Waals surface area contributed by atoms with Gasteiger partial charge >= 0.3 is 5.97 Å². The Hall–Kier alpha value is -3.23. The number of ether oxygens (including phenoxy) is 2. The fourth-order valence-electron chi connectivity index (χ4n) is 4.76. The molecule has 0 spiro atoms. The summed E-state index contributed by atoms with van der Waals surface area (Å²) in [5.74, 6) is -0.750. The third kappa shape index (κ3) is 2.73. The van der Waals surface area contributed by atoms with Gasteiger partial charge in [-0.25, -0.2) is 9.78 Å². The molecule has 32 heavy (non-hydrogen) atoms. The van der Waals surface area contributed by atoms with Crippen molar-refractivity contribution in [3.63, 3.8) is 0 Å². The predicted molar refractivity (Wildman–Crippen MR) is 116 cm³/mol. The molecule has 4 heterocycles. The average molecular weight is 436 g/mol. The van der Waals surface area contributed by atoms with Crippen molar-refractivity contribution in [2.45, 2.75) is 58.7 Å². The van der Waals surface area contributed by atoms with Gasteiger partial charge in [-0.1, -0.05) is 32.0 Å². The van der Waals surface area contributed by atoms with Gasteiger partial charge in [-0.15, -0.1) is 0 Å². The molecule has 2 aromatic heterocycles. The first-order valence-corrected chi connectivity index (χ1v) is 10.8. The van der Waals surface area contributed by atoms with Crippen molar-refractivity contribution >= 4 is 16.9 Å². The van der Waals surface area contributed by atoms with Crippen molar-refractivity contribution in [2.24, 2.45) is 0 Å². The molecular weight excluding hydrogens is 412 g/mol. The molecule has 1 aromatic carbocycles. The SMILES string of the molecule is CCc1cccc2cc3c(nc12)-c1c(OC(C)O)c2c(c(=O)n1C3)COC(=O)[C@]2(O)CC. The highest BCUT2D eigenvalue weighted by Crippen LogP contribution is 2.47. The minimum atomic E-state index is -2.05. The highest BCUT2D eigenvalue weighted by atomic mass is 16.6. The van der Waals surface area contributed by atoms with E-state index in [1.54, 1.807) is 6.92 Å². The van der Waals surface area contributed by atoms with E-state index in [1.165, 1.54) is 11.5 Å². The summed E-state index contributed by atoms with van der Waals surface area (Å²) in [7, 11) is 0. The number of esters is 1. The molecule has 0 saturated carbocycles. The van der Waals surface area contributed by atoms with Gasteiger partial charge in [0.25, 0.3) is 5.56 Å². The number of cyclic esters (lactones) is 1. The zero-order valence-corrected chi connectivity index (χ0v) is 18.1. The number of aryl methyl sites for hydroxylation is 1. The molecule has 8 nitrogen and oxygen atoms in total. The Labute approximate surface area is 184 Å². The van der Waals surface area contributed by atoms with Gasteiger partial charge in [0, 0.05) is 10.9 Å². The van der Waals surface area contributed by atoms with Crippen LogP contribution in [0.1, 0.15) is 49.4 Å². The lowest BCUT2D eigenvalue weighted by molar-refractivity contribution is -0.172. The highest BCUT2D eigenvalue weighted by molar-refractivity contribution is 5.90. The fraction of sp³-hybridized carbons (Fsp3) is 0.375. The molecule has 2 aliphatic heterocycles. The first-order valence-electron chi connectivity index (χ1n) is 10.8. The standard InChI is InChI=1S/C24H24N2O6/c1-4-13-7-6-8-14-9-15-10-26-20(19(15)25-18(13)14)21(32-12(3)27)17-16(22(26)28)11-31-23(29)24(17,30)5-2/h6-9,12,27,30H,4-5,10-11H2,1-3H3/t12?,24-/m0/s1. The number of aliphatic hydroxyl groups is 2. The van der Waals surface area contributed by atoms with Crippen LogP contribution in [0.2, 0.25) is 0 Å². The minimum absolute atomic E-state index is 0.0180. The Morgan fingerprint density at radius 2 is 2.09 bits per heavy atom. The summed E-state index contributed by atoms with van der Waals surface area (Å²) >= 11 is 0. The van der Waals surface area contributed by atoms with Crippen LogP contribution in [0, 0.1) is 0 Å². The molecule has 0 saturated heterocycles. The zero-order chi connectivity index (χ0) is 22.8. The molecule has 0 radical (unpaired) electrons. The van der Waals surface area contributed by atoms with Gasteiger partial charge in [-0.3, -0.25) is 9.36 Å². The van der Waals surface area contributed by atoms with E-state index < -0.39 is 17.9 Å². The molecule has 5 rings (SSSR count). The van der Waals surface area contributed by atoms with Crippen molar-refractivity contribution in [3.8, 4) is 17.1 Å². The molecular formula is C24H24N2O6. The van der Waals surface area contributed by atoms with Gasteiger partial charge in [0.2, 0.25) is 0 Å². The molecule has 2 N–H and O–H groups in total. The summed E-state index contributed by atoms with van der Waals surface area (Å²) in [4.78, 5) is 30.9. The van der Waals surface area contributed by atoms with E-state index in [4.69, 9.17) is 14.5 Å². The van der Waals surface area contributed by atoms with Crippen LogP contribution in [-0.4, -0.2) is 32.0 Å². The topological polar surface area (TPSA) is 111 Å². The average Bonchev–Trinajstić information content (AvgIpc) is 3.15. The molecule has 3 aromatic rings. The van der Waals surface area contributed by atoms with Crippen molar-refractivity contribution in [3.05, 3.63) is 56.9 Å². The molecule has 8 heteroatoms. The molecule has 0 aliphatic carbocycles. The number of hydrogen-bond acceptors (Lipinski definition) is 7. The number of aromatic nitrogens is 2. The molecule has 1 unspecified atom stereocenters. The summed E-state index contributed by atoms with van der Waals surface area (Å²) < 4.78 is 12.4. The molecule has 0 bridgehead atoms. The maximum Gasteiger partial charge on any atom is 0.343 e. The van der Waals surface area contributed by atoms with Crippen molar-refractivity contribution in [2.75, 3.05) is 0 Å². The van der Waals surface area contributed by atoms with Gasteiger partial charge in [-0.2, -0.15) is 0 Å². The molecule has 2 aliphatic rings. The summed E-state index contributed by atoms with van der Waals surface area (Å²) in [5, 5.41) is 22.3. The van der Waals surface area contributed by atoms with E-state index in [-0.39, 0.29) is 42.0 Å². The smallest absolute Gasteiger partial charge is 0.343 e. The van der Waals surface area contributed by atoms with E-state index in [0.29, 0.717) is 11.4 Å². The Morgan fingerprint density at radius 3 is 2.78 bits per heavy atom. The van der Waals surface area contributed by atoms with Crippen molar-refractivity contribution < 1.29 is 24.5 Å². The maximum atomic E-state index is 13.5. The predicted octanol–water partition coefficient (Wildman–Crippen LogP) is 2.36. The van der Waals surface area contributed by atoms with Crippen LogP contribution in [0.15, 0.2) is 29.1 Å². The van der Waals surface area contributed by atoms with Crippen LogP contribution in [-0.2, 0) is 34.7 Å². The van der Waals surface area contributed by atoms with Crippen LogP contribution >= 0.6 is 0 Å². The van der Waals surface area contributed by atoms with E-state index in [1.807, 2.05) is 31.2 Å². The lowest BCUT2D eigenvalue weighted by atomic mass is 9.85. The third-order valence-corrected chi connectivity index (χ3v) is 6.36. The fourth-order valence-corrected chi connectivity index (χ4v) is 4.76. The normalized spacial score (nSPS) is 19.8. The lowest BCUT2D eigenvalue weighted by Gasteiger charge is -2.34. The molecule has 2 atom stereocenters. The van der Waals surface area contributed by atoms with E-state index in [0.717, 1.165) is 28.5 Å². The number of carbonyl (C=O) groups excluding carboxylic acids is 1. The Morgan fingerprint density at radius 1 is 1.31 bits per heavy atom. The summed E-state index contributed by atoms with van der Waals surface area (Å²) in [5.41, 5.74) is 1.41. The summed E-state index contributed by atoms with van der Waals surface area (Å²) in [6, 6.07) is 7.97. The van der Waals surface area contributed by atoms with E-state index in [9.17, 15) is 19.8 Å². The van der Waals surface area contributed by atoms with Crippen LogP contribution in [0.4, 0.5) is 0 Å². The number of rotatable bonds is 4. The van der Waals surface area contributed by atoms with Gasteiger partial charge in [0.15, 0.2) is 17.6 Å². The number of nitrogens with zero attached hydrogens (tertiary/aromatic N) is 2. The molecule has 166 valence electrons. The first-order chi connectivity index (χ1) is 15.3.